The first-order chi connectivity index (χ1) is 9.61. The van der Waals surface area contributed by atoms with E-state index in [2.05, 4.69) is 24.1 Å². The van der Waals surface area contributed by atoms with Crippen LogP contribution in [0, 0.1) is 30.6 Å². The Morgan fingerprint density at radius 2 is 2.25 bits per heavy atom. The molecule has 2 unspecified atom stereocenters. The number of nitrogens with one attached hydrogen (secondary N) is 1. The molecule has 3 nitrogen and oxygen atoms in total. The minimum absolute atomic E-state index is 0.128. The molecule has 2 N–H and O–H groups in total. The number of anilines is 1. The Morgan fingerprint density at radius 1 is 1.45 bits per heavy atom. The SMILES string of the molecule is Cc1cc(NC(=O)C2CCCC2C)ccc1C#CCO. The number of benzene rings is 1. The van der Waals surface area contributed by atoms with Crippen molar-refractivity contribution in [1.82, 2.24) is 0 Å². The van der Waals surface area contributed by atoms with Crippen molar-refractivity contribution < 1.29 is 9.90 Å². The van der Waals surface area contributed by atoms with Gasteiger partial charge in [-0.2, -0.15) is 0 Å². The third-order valence-corrected chi connectivity index (χ3v) is 3.99. The Labute approximate surface area is 120 Å². The molecule has 0 radical (unpaired) electrons. The van der Waals surface area contributed by atoms with E-state index < -0.39 is 0 Å². The molecule has 0 aromatic heterocycles. The number of aliphatic hydroxyl groups is 1. The van der Waals surface area contributed by atoms with Crippen molar-refractivity contribution in [2.45, 2.75) is 33.1 Å². The van der Waals surface area contributed by atoms with Gasteiger partial charge >= 0.3 is 0 Å². The first-order valence-corrected chi connectivity index (χ1v) is 7.13. The maximum Gasteiger partial charge on any atom is 0.227 e. The second kappa shape index (κ2) is 6.58. The van der Waals surface area contributed by atoms with Crippen LogP contribution < -0.4 is 5.32 Å². The summed E-state index contributed by atoms with van der Waals surface area (Å²) in [7, 11) is 0. The van der Waals surface area contributed by atoms with Gasteiger partial charge in [-0.05, 0) is 49.4 Å². The molecule has 0 bridgehead atoms. The minimum atomic E-state index is -0.141. The number of carbonyl (C=O) groups is 1. The fourth-order valence-electron chi connectivity index (χ4n) is 2.79. The molecule has 106 valence electrons. The van der Waals surface area contributed by atoms with Gasteiger partial charge in [0.05, 0.1) is 0 Å². The predicted molar refractivity (Wildman–Crippen MR) is 80.3 cm³/mol. The summed E-state index contributed by atoms with van der Waals surface area (Å²) in [4.78, 5) is 12.2. The molecule has 1 amide bonds. The molecule has 1 aromatic rings. The summed E-state index contributed by atoms with van der Waals surface area (Å²) in [6.45, 7) is 3.96. The molecule has 20 heavy (non-hydrogen) atoms. The van der Waals surface area contributed by atoms with E-state index in [0.717, 1.165) is 36.1 Å². The Balaban J connectivity index is 2.06. The van der Waals surface area contributed by atoms with E-state index in [1.807, 2.05) is 25.1 Å². The van der Waals surface area contributed by atoms with Crippen LogP contribution in [0.15, 0.2) is 18.2 Å². The van der Waals surface area contributed by atoms with Gasteiger partial charge < -0.3 is 10.4 Å². The molecule has 1 saturated carbocycles. The van der Waals surface area contributed by atoms with Crippen LogP contribution in [0.2, 0.25) is 0 Å². The first kappa shape index (κ1) is 14.6. The maximum atomic E-state index is 12.2. The van der Waals surface area contributed by atoms with E-state index in [-0.39, 0.29) is 18.4 Å². The fourth-order valence-corrected chi connectivity index (χ4v) is 2.79. The lowest BCUT2D eigenvalue weighted by Crippen LogP contribution is -2.24. The molecule has 0 heterocycles. The number of hydrogen-bond acceptors (Lipinski definition) is 2. The molecule has 0 spiro atoms. The van der Waals surface area contributed by atoms with Crippen LogP contribution in [-0.4, -0.2) is 17.6 Å². The average molecular weight is 271 g/mol. The number of aryl methyl sites for hydroxylation is 1. The van der Waals surface area contributed by atoms with Gasteiger partial charge in [0, 0.05) is 17.2 Å². The van der Waals surface area contributed by atoms with Gasteiger partial charge in [0.15, 0.2) is 0 Å². The van der Waals surface area contributed by atoms with E-state index in [0.29, 0.717) is 5.92 Å². The highest BCUT2D eigenvalue weighted by Gasteiger charge is 2.29. The molecule has 1 aliphatic rings. The van der Waals surface area contributed by atoms with Gasteiger partial charge in [0.1, 0.15) is 6.61 Å². The fraction of sp³-hybridized carbons (Fsp3) is 0.471. The van der Waals surface area contributed by atoms with Gasteiger partial charge in [0.2, 0.25) is 5.91 Å². The van der Waals surface area contributed by atoms with E-state index in [1.165, 1.54) is 0 Å². The largest absolute Gasteiger partial charge is 0.384 e. The van der Waals surface area contributed by atoms with Gasteiger partial charge in [-0.15, -0.1) is 0 Å². The van der Waals surface area contributed by atoms with E-state index >= 15 is 0 Å². The lowest BCUT2D eigenvalue weighted by atomic mass is 9.97. The lowest BCUT2D eigenvalue weighted by molar-refractivity contribution is -0.120. The normalized spacial score (nSPS) is 21.1. The summed E-state index contributed by atoms with van der Waals surface area (Å²) in [5.74, 6) is 6.28. The number of amides is 1. The van der Waals surface area contributed by atoms with Crippen LogP contribution in [0.3, 0.4) is 0 Å². The van der Waals surface area contributed by atoms with Crippen molar-refractivity contribution in [1.29, 1.82) is 0 Å². The van der Waals surface area contributed by atoms with Crippen molar-refractivity contribution in [2.24, 2.45) is 11.8 Å². The Morgan fingerprint density at radius 3 is 2.85 bits per heavy atom. The highest BCUT2D eigenvalue weighted by molar-refractivity contribution is 5.93. The zero-order chi connectivity index (χ0) is 14.5. The zero-order valence-corrected chi connectivity index (χ0v) is 12.1. The topological polar surface area (TPSA) is 49.3 Å². The molecule has 1 fully saturated rings. The highest BCUT2D eigenvalue weighted by Crippen LogP contribution is 2.32. The number of carbonyl (C=O) groups excluding carboxylic acids is 1. The second-order valence-electron chi connectivity index (χ2n) is 5.49. The van der Waals surface area contributed by atoms with E-state index in [9.17, 15) is 4.79 Å². The Bertz CT molecular complexity index is 554. The van der Waals surface area contributed by atoms with Crippen LogP contribution in [0.25, 0.3) is 0 Å². The zero-order valence-electron chi connectivity index (χ0n) is 12.1. The number of hydrogen-bond donors (Lipinski definition) is 2. The molecule has 1 aliphatic carbocycles. The molecule has 2 rings (SSSR count). The third kappa shape index (κ3) is 3.40. The third-order valence-electron chi connectivity index (χ3n) is 3.99. The van der Waals surface area contributed by atoms with Crippen LogP contribution in [0.4, 0.5) is 5.69 Å². The standard InChI is InChI=1S/C17H21NO2/c1-12-5-3-7-16(12)17(20)18-15-9-8-14(6-4-10-19)13(2)11-15/h8-9,11-12,16,19H,3,5,7,10H2,1-2H3,(H,18,20). The summed E-state index contributed by atoms with van der Waals surface area (Å²) in [6, 6.07) is 5.68. The van der Waals surface area contributed by atoms with Crippen LogP contribution >= 0.6 is 0 Å². The van der Waals surface area contributed by atoms with Crippen molar-refractivity contribution in [3.63, 3.8) is 0 Å². The Hall–Kier alpha value is -1.79. The predicted octanol–water partition coefficient (Wildman–Crippen LogP) is 2.71. The van der Waals surface area contributed by atoms with Crippen molar-refractivity contribution in [3.05, 3.63) is 29.3 Å². The smallest absolute Gasteiger partial charge is 0.227 e. The Kier molecular flexibility index (Phi) is 4.81. The quantitative estimate of drug-likeness (QED) is 0.813. The molecule has 0 aliphatic heterocycles. The molecule has 1 aromatic carbocycles. The monoisotopic (exact) mass is 271 g/mol. The number of aliphatic hydroxyl groups excluding tert-OH is 1. The van der Waals surface area contributed by atoms with E-state index in [1.54, 1.807) is 0 Å². The maximum absolute atomic E-state index is 12.2. The highest BCUT2D eigenvalue weighted by atomic mass is 16.2. The van der Waals surface area contributed by atoms with E-state index in [4.69, 9.17) is 5.11 Å². The van der Waals surface area contributed by atoms with Crippen molar-refractivity contribution in [2.75, 3.05) is 11.9 Å². The van der Waals surface area contributed by atoms with Crippen LogP contribution in [-0.2, 0) is 4.79 Å². The molecule has 0 saturated heterocycles. The lowest BCUT2D eigenvalue weighted by Gasteiger charge is -2.15. The summed E-state index contributed by atoms with van der Waals surface area (Å²) in [5.41, 5.74) is 2.70. The van der Waals surface area contributed by atoms with Gasteiger partial charge in [-0.1, -0.05) is 25.2 Å². The van der Waals surface area contributed by atoms with Crippen LogP contribution in [0.1, 0.15) is 37.3 Å². The van der Waals surface area contributed by atoms with Gasteiger partial charge in [-0.3, -0.25) is 4.79 Å². The van der Waals surface area contributed by atoms with Crippen molar-refractivity contribution >= 4 is 11.6 Å². The average Bonchev–Trinajstić information content (AvgIpc) is 2.84. The van der Waals surface area contributed by atoms with Gasteiger partial charge in [-0.25, -0.2) is 0 Å². The summed E-state index contributed by atoms with van der Waals surface area (Å²) < 4.78 is 0. The first-order valence-electron chi connectivity index (χ1n) is 7.13. The summed E-state index contributed by atoms with van der Waals surface area (Å²) in [5, 5.41) is 11.7. The van der Waals surface area contributed by atoms with Gasteiger partial charge in [0.25, 0.3) is 0 Å². The molecule has 2 atom stereocenters. The van der Waals surface area contributed by atoms with Crippen molar-refractivity contribution in [3.8, 4) is 11.8 Å². The second-order valence-corrected chi connectivity index (χ2v) is 5.49. The minimum Gasteiger partial charge on any atom is -0.384 e. The molecular formula is C17H21NO2. The molecule has 3 heteroatoms. The number of rotatable bonds is 2. The van der Waals surface area contributed by atoms with Crippen LogP contribution in [0.5, 0.6) is 0 Å². The summed E-state index contributed by atoms with van der Waals surface area (Å²) in [6.07, 6.45) is 3.28. The summed E-state index contributed by atoms with van der Waals surface area (Å²) >= 11 is 0. The molecular weight excluding hydrogens is 250 g/mol.